The summed E-state index contributed by atoms with van der Waals surface area (Å²) in [5, 5.41) is 5.64. The number of anilines is 1. The first-order valence-corrected chi connectivity index (χ1v) is 12.7. The molecule has 1 aliphatic rings. The van der Waals surface area contributed by atoms with Crippen molar-refractivity contribution >= 4 is 45.0 Å². The zero-order valence-electron chi connectivity index (χ0n) is 19.2. The van der Waals surface area contributed by atoms with Crippen molar-refractivity contribution in [1.29, 1.82) is 0 Å². The largest absolute Gasteiger partial charge is 0.383 e. The van der Waals surface area contributed by atoms with E-state index >= 15 is 0 Å². The van der Waals surface area contributed by atoms with Gasteiger partial charge in [-0.25, -0.2) is 14.6 Å². The molecular weight excluding hydrogens is 537 g/mol. The number of nitrogen functional groups attached to an aromatic ring is 1. The van der Waals surface area contributed by atoms with Gasteiger partial charge in [-0.15, -0.1) is 0 Å². The van der Waals surface area contributed by atoms with Crippen LogP contribution in [0, 0.1) is 3.70 Å². The first-order valence-electron chi connectivity index (χ1n) is 11.6. The maximum atomic E-state index is 6.16. The minimum atomic E-state index is -0.0481. The number of nitrogens with two attached hydrogens (primary N) is 1. The van der Waals surface area contributed by atoms with Gasteiger partial charge >= 0.3 is 0 Å². The number of benzene rings is 1. The highest BCUT2D eigenvalue weighted by Crippen LogP contribution is 2.38. The number of hydrogen-bond donors (Lipinski definition) is 1. The zero-order valence-corrected chi connectivity index (χ0v) is 21.3. The second-order valence-corrected chi connectivity index (χ2v) is 10.1. The highest BCUT2D eigenvalue weighted by Gasteiger charge is 2.26. The van der Waals surface area contributed by atoms with Crippen LogP contribution >= 0.6 is 22.6 Å². The third-order valence-corrected chi connectivity index (χ3v) is 7.82. The lowest BCUT2D eigenvalue weighted by atomic mass is 9.97. The van der Waals surface area contributed by atoms with Crippen LogP contribution in [0.2, 0.25) is 0 Å². The van der Waals surface area contributed by atoms with E-state index in [1.165, 1.54) is 41.6 Å². The predicted molar refractivity (Wildman–Crippen MR) is 144 cm³/mol. The lowest BCUT2D eigenvalue weighted by Gasteiger charge is -2.21. The standard InChI is InChI=1S/C26H26IN7/c1-16(34-26-22(24(27)31-34)25(28)29-15-30-26)20-14-19-9-3-4-12-33(19)23(20)18-8-5-7-17(13-18)21-10-6-11-32(21)2/h3-5,7-9,12-16,21H,6,10-11H2,1-2H3,(H2,28,29,30). The molecule has 1 aromatic carbocycles. The minimum absolute atomic E-state index is 0.0481. The van der Waals surface area contributed by atoms with E-state index < -0.39 is 0 Å². The van der Waals surface area contributed by atoms with Gasteiger partial charge in [0.1, 0.15) is 15.8 Å². The molecule has 8 heteroatoms. The summed E-state index contributed by atoms with van der Waals surface area (Å²) in [7, 11) is 2.22. The molecule has 2 atom stereocenters. The van der Waals surface area contributed by atoms with E-state index in [0.717, 1.165) is 26.8 Å². The Morgan fingerprint density at radius 1 is 1.12 bits per heavy atom. The number of nitrogens with zero attached hydrogens (tertiary/aromatic N) is 6. The van der Waals surface area contributed by atoms with Crippen LogP contribution in [0.4, 0.5) is 5.82 Å². The third-order valence-electron chi connectivity index (χ3n) is 7.07. The summed E-state index contributed by atoms with van der Waals surface area (Å²) in [6.07, 6.45) is 6.10. The first-order chi connectivity index (χ1) is 16.5. The molecule has 5 aromatic rings. The Balaban J connectivity index is 1.54. The van der Waals surface area contributed by atoms with Gasteiger partial charge in [0.25, 0.3) is 0 Å². The summed E-state index contributed by atoms with van der Waals surface area (Å²) in [6.45, 7) is 3.33. The summed E-state index contributed by atoms with van der Waals surface area (Å²) in [5.74, 6) is 0.462. The molecule has 1 saturated heterocycles. The van der Waals surface area contributed by atoms with Crippen LogP contribution in [0.5, 0.6) is 0 Å². The number of halogens is 1. The molecule has 4 aromatic heterocycles. The quantitative estimate of drug-likeness (QED) is 0.300. The van der Waals surface area contributed by atoms with Crippen molar-refractivity contribution in [2.75, 3.05) is 19.3 Å². The zero-order chi connectivity index (χ0) is 23.4. The molecule has 0 amide bonds. The normalized spacial score (nSPS) is 17.7. The maximum Gasteiger partial charge on any atom is 0.165 e. The molecular formula is C26H26IN7. The van der Waals surface area contributed by atoms with Crippen LogP contribution in [-0.4, -0.2) is 42.6 Å². The molecule has 0 spiro atoms. The number of aromatic nitrogens is 5. The summed E-state index contributed by atoms with van der Waals surface area (Å²) >= 11 is 2.22. The summed E-state index contributed by atoms with van der Waals surface area (Å²) in [5.41, 5.74) is 13.0. The molecule has 1 aliphatic heterocycles. The Morgan fingerprint density at radius 2 is 2.00 bits per heavy atom. The van der Waals surface area contributed by atoms with Crippen LogP contribution in [0.3, 0.4) is 0 Å². The van der Waals surface area contributed by atoms with Crippen LogP contribution < -0.4 is 5.73 Å². The van der Waals surface area contributed by atoms with Crippen molar-refractivity contribution in [1.82, 2.24) is 29.0 Å². The van der Waals surface area contributed by atoms with Gasteiger partial charge in [0.05, 0.1) is 17.1 Å². The predicted octanol–water partition coefficient (Wildman–Crippen LogP) is 5.31. The van der Waals surface area contributed by atoms with Crippen LogP contribution in [-0.2, 0) is 0 Å². The number of rotatable bonds is 4. The number of hydrogen-bond acceptors (Lipinski definition) is 5. The highest BCUT2D eigenvalue weighted by molar-refractivity contribution is 14.1. The number of pyridine rings is 1. The molecule has 0 bridgehead atoms. The molecule has 2 N–H and O–H groups in total. The summed E-state index contributed by atoms with van der Waals surface area (Å²) < 4.78 is 5.07. The highest BCUT2D eigenvalue weighted by atomic mass is 127. The Morgan fingerprint density at radius 3 is 2.82 bits per heavy atom. The molecule has 6 rings (SSSR count). The number of fused-ring (bicyclic) bond motifs is 2. The molecule has 0 aliphatic carbocycles. The number of likely N-dealkylation sites (tertiary alicyclic amines) is 1. The van der Waals surface area contributed by atoms with Crippen LogP contribution in [0.25, 0.3) is 27.8 Å². The molecule has 1 fully saturated rings. The lowest BCUT2D eigenvalue weighted by molar-refractivity contribution is 0.317. The fourth-order valence-corrected chi connectivity index (χ4v) is 6.10. The van der Waals surface area contributed by atoms with E-state index in [1.807, 2.05) is 4.68 Å². The van der Waals surface area contributed by atoms with Crippen LogP contribution in [0.1, 0.15) is 43.0 Å². The third kappa shape index (κ3) is 3.39. The van der Waals surface area contributed by atoms with Crippen molar-refractivity contribution < 1.29 is 0 Å². The van der Waals surface area contributed by atoms with Crippen molar-refractivity contribution in [2.24, 2.45) is 0 Å². The van der Waals surface area contributed by atoms with E-state index in [1.54, 1.807) is 0 Å². The smallest absolute Gasteiger partial charge is 0.165 e. The average molecular weight is 563 g/mol. The van der Waals surface area contributed by atoms with Gasteiger partial charge in [0, 0.05) is 23.3 Å². The van der Waals surface area contributed by atoms with E-state index in [0.29, 0.717) is 11.9 Å². The SMILES string of the molecule is CC(c1cc2ccccn2c1-c1cccc(C2CCCN2C)c1)n1nc(I)c2c(N)ncnc21. The monoisotopic (exact) mass is 563 g/mol. The van der Waals surface area contributed by atoms with Gasteiger partial charge < -0.3 is 10.1 Å². The lowest BCUT2D eigenvalue weighted by Crippen LogP contribution is -2.17. The molecule has 5 heterocycles. The van der Waals surface area contributed by atoms with E-state index in [4.69, 9.17) is 10.8 Å². The molecule has 0 saturated carbocycles. The molecule has 0 radical (unpaired) electrons. The maximum absolute atomic E-state index is 6.16. The van der Waals surface area contributed by atoms with E-state index in [-0.39, 0.29) is 6.04 Å². The molecule has 34 heavy (non-hydrogen) atoms. The Bertz CT molecular complexity index is 1520. The van der Waals surface area contributed by atoms with Gasteiger partial charge in [-0.2, -0.15) is 5.10 Å². The fraction of sp³-hybridized carbons (Fsp3) is 0.269. The topological polar surface area (TPSA) is 77.3 Å². The average Bonchev–Trinajstić information content (AvgIpc) is 3.54. The van der Waals surface area contributed by atoms with Gasteiger partial charge in [-0.1, -0.05) is 24.3 Å². The summed E-state index contributed by atoms with van der Waals surface area (Å²) in [4.78, 5) is 11.2. The van der Waals surface area contributed by atoms with Crippen LogP contribution in [0.15, 0.2) is 61.1 Å². The van der Waals surface area contributed by atoms with Crippen molar-refractivity contribution in [3.8, 4) is 11.3 Å². The van der Waals surface area contributed by atoms with Crippen molar-refractivity contribution in [3.05, 3.63) is 75.9 Å². The first kappa shape index (κ1) is 21.5. The van der Waals surface area contributed by atoms with Gasteiger partial charge in [0.2, 0.25) is 0 Å². The molecule has 172 valence electrons. The second-order valence-electron chi connectivity index (χ2n) is 9.08. The Kier molecular flexibility index (Phi) is 5.29. The molecule has 2 unspecified atom stereocenters. The van der Waals surface area contributed by atoms with Gasteiger partial charge in [0.15, 0.2) is 5.65 Å². The Labute approximate surface area is 211 Å². The van der Waals surface area contributed by atoms with E-state index in [9.17, 15) is 0 Å². The molecule has 7 nitrogen and oxygen atoms in total. The second kappa shape index (κ2) is 8.35. The summed E-state index contributed by atoms with van der Waals surface area (Å²) in [6, 6.07) is 18.0. The van der Waals surface area contributed by atoms with Crippen molar-refractivity contribution in [2.45, 2.75) is 31.8 Å². The fourth-order valence-electron chi connectivity index (χ4n) is 5.35. The van der Waals surface area contributed by atoms with Crippen molar-refractivity contribution in [3.63, 3.8) is 0 Å². The van der Waals surface area contributed by atoms with E-state index in [2.05, 4.69) is 111 Å². The Hall–Kier alpha value is -2.98. The minimum Gasteiger partial charge on any atom is -0.383 e. The van der Waals surface area contributed by atoms with Gasteiger partial charge in [-0.05, 0) is 91.3 Å². The van der Waals surface area contributed by atoms with Gasteiger partial charge in [-0.3, -0.25) is 4.90 Å².